The molecule has 1 aromatic heterocycles. The van der Waals surface area contributed by atoms with E-state index in [0.29, 0.717) is 5.88 Å². The summed E-state index contributed by atoms with van der Waals surface area (Å²) >= 11 is 0. The molecule has 0 spiro atoms. The van der Waals surface area contributed by atoms with Gasteiger partial charge in [0.25, 0.3) is 0 Å². The van der Waals surface area contributed by atoms with Gasteiger partial charge in [-0.05, 0) is 12.1 Å². The Morgan fingerprint density at radius 2 is 1.80 bits per heavy atom. The van der Waals surface area contributed by atoms with Crippen LogP contribution < -0.4 is 14.4 Å². The predicted octanol–water partition coefficient (Wildman–Crippen LogP) is 2.93. The van der Waals surface area contributed by atoms with E-state index in [9.17, 15) is 0 Å². The Morgan fingerprint density at radius 3 is 2.48 bits per heavy atom. The number of piperazine rings is 1. The highest BCUT2D eigenvalue weighted by atomic mass is 16.5. The molecule has 0 saturated carbocycles. The number of benzene rings is 1. The summed E-state index contributed by atoms with van der Waals surface area (Å²) in [6, 6.07) is 12.1. The molecule has 0 N–H and O–H groups in total. The summed E-state index contributed by atoms with van der Waals surface area (Å²) in [7, 11) is 3.35. The Labute approximate surface area is 149 Å². The van der Waals surface area contributed by atoms with Crippen LogP contribution in [-0.4, -0.2) is 56.8 Å². The van der Waals surface area contributed by atoms with Crippen molar-refractivity contribution in [2.75, 3.05) is 51.8 Å². The molecule has 5 heteroatoms. The largest absolute Gasteiger partial charge is 0.496 e. The number of pyridine rings is 1. The molecular formula is C20H25N3O2. The Kier molecular flexibility index (Phi) is 5.90. The summed E-state index contributed by atoms with van der Waals surface area (Å²) in [6.45, 7) is 5.06. The van der Waals surface area contributed by atoms with Crippen molar-refractivity contribution in [1.29, 1.82) is 0 Å². The average Bonchev–Trinajstić information content (AvgIpc) is 2.69. The molecule has 2 aromatic rings. The molecule has 25 heavy (non-hydrogen) atoms. The van der Waals surface area contributed by atoms with Crippen molar-refractivity contribution < 1.29 is 9.47 Å². The molecule has 0 unspecified atom stereocenters. The van der Waals surface area contributed by atoms with Gasteiger partial charge in [-0.25, -0.2) is 4.98 Å². The van der Waals surface area contributed by atoms with Gasteiger partial charge in [-0.1, -0.05) is 30.4 Å². The standard InChI is InChI=1S/C20H25N3O2/c1-24-19-8-4-3-6-17(19)7-5-11-22-12-14-23(15-13-22)18-9-10-20(25-2)21-16-18/h3-10,16H,11-15H2,1-2H3/b7-5+. The minimum absolute atomic E-state index is 0.656. The molecule has 3 rings (SSSR count). The summed E-state index contributed by atoms with van der Waals surface area (Å²) in [5, 5.41) is 0. The lowest BCUT2D eigenvalue weighted by Gasteiger charge is -2.35. The molecule has 132 valence electrons. The molecule has 0 amide bonds. The zero-order valence-corrected chi connectivity index (χ0v) is 14.9. The molecule has 1 fully saturated rings. The van der Waals surface area contributed by atoms with Gasteiger partial charge >= 0.3 is 0 Å². The Balaban J connectivity index is 1.49. The lowest BCUT2D eigenvalue weighted by molar-refractivity contribution is 0.284. The zero-order chi connectivity index (χ0) is 17.5. The number of hydrogen-bond acceptors (Lipinski definition) is 5. The maximum atomic E-state index is 5.38. The van der Waals surface area contributed by atoms with Crippen LogP contribution in [0.5, 0.6) is 11.6 Å². The van der Waals surface area contributed by atoms with E-state index >= 15 is 0 Å². The van der Waals surface area contributed by atoms with Gasteiger partial charge < -0.3 is 14.4 Å². The SMILES string of the molecule is COc1ccc(N2CCN(C/C=C/c3ccccc3OC)CC2)cn1. The smallest absolute Gasteiger partial charge is 0.213 e. The highest BCUT2D eigenvalue weighted by Crippen LogP contribution is 2.20. The van der Waals surface area contributed by atoms with E-state index in [0.717, 1.165) is 49.7 Å². The second-order valence-electron chi connectivity index (χ2n) is 5.99. The molecule has 1 aliphatic heterocycles. The van der Waals surface area contributed by atoms with E-state index in [1.165, 1.54) is 0 Å². The molecule has 0 atom stereocenters. The number of para-hydroxylation sites is 1. The molecule has 0 bridgehead atoms. The highest BCUT2D eigenvalue weighted by Gasteiger charge is 2.16. The van der Waals surface area contributed by atoms with E-state index in [1.807, 2.05) is 30.5 Å². The van der Waals surface area contributed by atoms with E-state index < -0.39 is 0 Å². The first-order chi connectivity index (χ1) is 12.3. The Hall–Kier alpha value is -2.53. The summed E-state index contributed by atoms with van der Waals surface area (Å²) in [4.78, 5) is 9.12. The van der Waals surface area contributed by atoms with Gasteiger partial charge in [0.15, 0.2) is 0 Å². The third-order valence-electron chi connectivity index (χ3n) is 4.47. The summed E-state index contributed by atoms with van der Waals surface area (Å²) in [5.41, 5.74) is 2.28. The van der Waals surface area contributed by atoms with Crippen LogP contribution in [0.25, 0.3) is 6.08 Å². The van der Waals surface area contributed by atoms with Gasteiger partial charge in [-0.15, -0.1) is 0 Å². The lowest BCUT2D eigenvalue weighted by atomic mass is 10.2. The summed E-state index contributed by atoms with van der Waals surface area (Å²) in [6.07, 6.45) is 6.23. The van der Waals surface area contributed by atoms with Crippen molar-refractivity contribution in [1.82, 2.24) is 9.88 Å². The third-order valence-corrected chi connectivity index (χ3v) is 4.47. The third kappa shape index (κ3) is 4.51. The lowest BCUT2D eigenvalue weighted by Crippen LogP contribution is -2.46. The Morgan fingerprint density at radius 1 is 1.00 bits per heavy atom. The van der Waals surface area contributed by atoms with Gasteiger partial charge in [-0.2, -0.15) is 0 Å². The van der Waals surface area contributed by atoms with E-state index in [4.69, 9.17) is 9.47 Å². The molecular weight excluding hydrogens is 314 g/mol. The van der Waals surface area contributed by atoms with Crippen molar-refractivity contribution in [3.8, 4) is 11.6 Å². The molecule has 1 aromatic carbocycles. The second kappa shape index (κ2) is 8.53. The molecule has 1 saturated heterocycles. The maximum absolute atomic E-state index is 5.38. The molecule has 0 radical (unpaired) electrons. The quantitative estimate of drug-likeness (QED) is 0.809. The molecule has 2 heterocycles. The predicted molar refractivity (Wildman–Crippen MR) is 101 cm³/mol. The van der Waals surface area contributed by atoms with Crippen molar-refractivity contribution in [3.63, 3.8) is 0 Å². The normalized spacial score (nSPS) is 15.5. The van der Waals surface area contributed by atoms with Crippen LogP contribution in [0.4, 0.5) is 5.69 Å². The molecule has 5 nitrogen and oxygen atoms in total. The van der Waals surface area contributed by atoms with Crippen molar-refractivity contribution in [2.24, 2.45) is 0 Å². The van der Waals surface area contributed by atoms with Crippen LogP contribution in [0, 0.1) is 0 Å². The summed E-state index contributed by atoms with van der Waals surface area (Å²) < 4.78 is 10.5. The van der Waals surface area contributed by atoms with Crippen LogP contribution >= 0.6 is 0 Å². The van der Waals surface area contributed by atoms with Crippen LogP contribution in [0.3, 0.4) is 0 Å². The van der Waals surface area contributed by atoms with Crippen LogP contribution in [0.1, 0.15) is 5.56 Å². The van der Waals surface area contributed by atoms with Gasteiger partial charge in [0.05, 0.1) is 26.1 Å². The first kappa shape index (κ1) is 17.3. The minimum Gasteiger partial charge on any atom is -0.496 e. The molecule has 1 aliphatic rings. The van der Waals surface area contributed by atoms with E-state index in [2.05, 4.69) is 39.1 Å². The number of nitrogens with zero attached hydrogens (tertiary/aromatic N) is 3. The van der Waals surface area contributed by atoms with Crippen molar-refractivity contribution in [3.05, 3.63) is 54.2 Å². The topological polar surface area (TPSA) is 37.8 Å². The second-order valence-corrected chi connectivity index (χ2v) is 5.99. The molecule has 0 aliphatic carbocycles. The fourth-order valence-corrected chi connectivity index (χ4v) is 3.00. The minimum atomic E-state index is 0.656. The van der Waals surface area contributed by atoms with Crippen LogP contribution in [0.2, 0.25) is 0 Å². The van der Waals surface area contributed by atoms with Crippen molar-refractivity contribution in [2.45, 2.75) is 0 Å². The van der Waals surface area contributed by atoms with Gasteiger partial charge in [-0.3, -0.25) is 4.90 Å². The highest BCUT2D eigenvalue weighted by molar-refractivity contribution is 5.57. The fourth-order valence-electron chi connectivity index (χ4n) is 3.00. The number of aromatic nitrogens is 1. The van der Waals surface area contributed by atoms with Gasteiger partial charge in [0.1, 0.15) is 5.75 Å². The Bertz CT molecular complexity index is 692. The van der Waals surface area contributed by atoms with Gasteiger partial charge in [0.2, 0.25) is 5.88 Å². The number of methoxy groups -OCH3 is 2. The zero-order valence-electron chi connectivity index (χ0n) is 14.9. The number of hydrogen-bond donors (Lipinski definition) is 0. The number of rotatable bonds is 6. The van der Waals surface area contributed by atoms with Gasteiger partial charge in [0, 0.05) is 44.4 Å². The van der Waals surface area contributed by atoms with Crippen LogP contribution in [0.15, 0.2) is 48.7 Å². The van der Waals surface area contributed by atoms with E-state index in [-0.39, 0.29) is 0 Å². The van der Waals surface area contributed by atoms with Crippen LogP contribution in [-0.2, 0) is 0 Å². The van der Waals surface area contributed by atoms with E-state index in [1.54, 1.807) is 14.2 Å². The number of ether oxygens (including phenoxy) is 2. The number of anilines is 1. The first-order valence-corrected chi connectivity index (χ1v) is 8.57. The summed E-state index contributed by atoms with van der Waals surface area (Å²) in [5.74, 6) is 1.57. The fraction of sp³-hybridized carbons (Fsp3) is 0.350. The maximum Gasteiger partial charge on any atom is 0.213 e. The van der Waals surface area contributed by atoms with Crippen molar-refractivity contribution >= 4 is 11.8 Å². The first-order valence-electron chi connectivity index (χ1n) is 8.57. The average molecular weight is 339 g/mol. The monoisotopic (exact) mass is 339 g/mol.